The molecule has 1 unspecified atom stereocenters. The zero-order chi connectivity index (χ0) is 9.12. The molecule has 1 atom stereocenters. The van der Waals surface area contributed by atoms with Crippen molar-refractivity contribution >= 4 is 13.9 Å². The minimum Gasteiger partial charge on any atom is -0.324 e. The second kappa shape index (κ2) is 3.48. The predicted octanol–water partition coefficient (Wildman–Crippen LogP) is 0.922. The van der Waals surface area contributed by atoms with Crippen molar-refractivity contribution in [2.24, 2.45) is 0 Å². The molecule has 0 rings (SSSR count). The van der Waals surface area contributed by atoms with Crippen LogP contribution in [0.5, 0.6) is 0 Å². The number of aldehydes is 1. The van der Waals surface area contributed by atoms with Crippen molar-refractivity contribution in [1.82, 2.24) is 0 Å². The van der Waals surface area contributed by atoms with E-state index in [-0.39, 0.29) is 6.42 Å². The molecule has 66 valence electrons. The number of hydrogen-bond acceptors (Lipinski definition) is 2. The van der Waals surface area contributed by atoms with Crippen molar-refractivity contribution in [3.63, 3.8) is 0 Å². The van der Waals surface area contributed by atoms with Gasteiger partial charge in [0, 0.05) is 0 Å². The highest BCUT2D eigenvalue weighted by molar-refractivity contribution is 7.54. The van der Waals surface area contributed by atoms with Crippen LogP contribution in [0.4, 0.5) is 0 Å². The molecule has 0 aromatic heterocycles. The van der Waals surface area contributed by atoms with Gasteiger partial charge in [0.15, 0.2) is 0 Å². The minimum atomic E-state index is -4.27. The second-order valence-corrected chi connectivity index (χ2v) is 4.88. The number of rotatable bonds is 4. The van der Waals surface area contributed by atoms with Gasteiger partial charge in [-0.05, 0) is 13.3 Å². The average Bonchev–Trinajstić information content (AvgIpc) is 1.86. The van der Waals surface area contributed by atoms with Gasteiger partial charge in [-0.25, -0.2) is 0 Å². The first kappa shape index (κ1) is 10.8. The van der Waals surface area contributed by atoms with E-state index in [0.717, 1.165) is 0 Å². The van der Waals surface area contributed by atoms with Gasteiger partial charge in [0.05, 0.1) is 0 Å². The van der Waals surface area contributed by atoms with E-state index in [1.165, 1.54) is 6.92 Å². The van der Waals surface area contributed by atoms with Crippen molar-refractivity contribution < 1.29 is 19.1 Å². The largest absolute Gasteiger partial charge is 0.338 e. The molecule has 0 saturated carbocycles. The molecule has 0 fully saturated rings. The maximum atomic E-state index is 10.7. The Hall–Kier alpha value is -0.180. The van der Waals surface area contributed by atoms with Gasteiger partial charge in [-0.15, -0.1) is 0 Å². The molecular formula is C6H13O4P. The lowest BCUT2D eigenvalue weighted by atomic mass is 10.1. The lowest BCUT2D eigenvalue weighted by Gasteiger charge is -2.22. The highest BCUT2D eigenvalue weighted by atomic mass is 31.2. The maximum absolute atomic E-state index is 10.7. The van der Waals surface area contributed by atoms with Crippen molar-refractivity contribution in [3.05, 3.63) is 0 Å². The van der Waals surface area contributed by atoms with Crippen LogP contribution in [0.1, 0.15) is 26.7 Å². The topological polar surface area (TPSA) is 74.6 Å². The molecule has 0 aliphatic heterocycles. The lowest BCUT2D eigenvalue weighted by molar-refractivity contribution is -0.110. The fraction of sp³-hybridized carbons (Fsp3) is 0.833. The molecule has 0 radical (unpaired) electrons. The van der Waals surface area contributed by atoms with E-state index in [2.05, 4.69) is 0 Å². The summed E-state index contributed by atoms with van der Waals surface area (Å²) in [6, 6.07) is 0. The maximum Gasteiger partial charge on any atom is 0.338 e. The van der Waals surface area contributed by atoms with Crippen LogP contribution in [-0.4, -0.2) is 21.2 Å². The molecule has 0 aromatic carbocycles. The molecule has 0 aliphatic rings. The molecule has 0 bridgehead atoms. The summed E-state index contributed by atoms with van der Waals surface area (Å²) in [5, 5.41) is -1.48. The van der Waals surface area contributed by atoms with Crippen molar-refractivity contribution in [2.75, 3.05) is 0 Å². The second-order valence-electron chi connectivity index (χ2n) is 2.77. The molecule has 0 amide bonds. The van der Waals surface area contributed by atoms with Crippen LogP contribution in [0.3, 0.4) is 0 Å². The van der Waals surface area contributed by atoms with E-state index in [4.69, 9.17) is 9.79 Å². The first-order valence-electron chi connectivity index (χ1n) is 3.39. The Morgan fingerprint density at radius 2 is 2.00 bits per heavy atom. The van der Waals surface area contributed by atoms with Gasteiger partial charge in [0.25, 0.3) is 0 Å². The smallest absolute Gasteiger partial charge is 0.324 e. The van der Waals surface area contributed by atoms with E-state index < -0.39 is 12.8 Å². The Morgan fingerprint density at radius 3 is 2.09 bits per heavy atom. The molecule has 0 spiro atoms. The van der Waals surface area contributed by atoms with Crippen LogP contribution in [0.25, 0.3) is 0 Å². The van der Waals surface area contributed by atoms with Gasteiger partial charge in [0.1, 0.15) is 11.4 Å². The SMILES string of the molecule is CCCC(C)(C=O)P(=O)(O)O. The average molecular weight is 180 g/mol. The molecule has 0 aliphatic carbocycles. The summed E-state index contributed by atoms with van der Waals surface area (Å²) in [7, 11) is -4.27. The van der Waals surface area contributed by atoms with Crippen molar-refractivity contribution in [1.29, 1.82) is 0 Å². The highest BCUT2D eigenvalue weighted by Gasteiger charge is 2.41. The molecule has 0 aromatic rings. The number of carbonyl (C=O) groups excluding carboxylic acids is 1. The van der Waals surface area contributed by atoms with Gasteiger partial charge < -0.3 is 14.6 Å². The highest BCUT2D eigenvalue weighted by Crippen LogP contribution is 2.51. The fourth-order valence-electron chi connectivity index (χ4n) is 0.779. The van der Waals surface area contributed by atoms with Crippen molar-refractivity contribution in [3.8, 4) is 0 Å². The Bertz CT molecular complexity index is 185. The summed E-state index contributed by atoms with van der Waals surface area (Å²) in [6.45, 7) is 3.06. The normalized spacial score (nSPS) is 17.5. The summed E-state index contributed by atoms with van der Waals surface area (Å²) in [4.78, 5) is 27.9. The van der Waals surface area contributed by atoms with Gasteiger partial charge in [-0.3, -0.25) is 4.57 Å². The minimum absolute atomic E-state index is 0.223. The van der Waals surface area contributed by atoms with Crippen LogP contribution in [-0.2, 0) is 9.36 Å². The van der Waals surface area contributed by atoms with Crippen LogP contribution >= 0.6 is 7.60 Å². The third kappa shape index (κ3) is 2.40. The first-order valence-corrected chi connectivity index (χ1v) is 5.00. The lowest BCUT2D eigenvalue weighted by Crippen LogP contribution is -2.26. The molecule has 2 N–H and O–H groups in total. The Labute approximate surface area is 65.8 Å². The van der Waals surface area contributed by atoms with Crippen LogP contribution in [0, 0.1) is 0 Å². The monoisotopic (exact) mass is 180 g/mol. The molecule has 11 heavy (non-hydrogen) atoms. The zero-order valence-corrected chi connectivity index (χ0v) is 7.54. The van der Waals surface area contributed by atoms with Gasteiger partial charge in [-0.1, -0.05) is 13.3 Å². The van der Waals surface area contributed by atoms with Crippen LogP contribution in [0.2, 0.25) is 0 Å². The van der Waals surface area contributed by atoms with E-state index >= 15 is 0 Å². The molecule has 5 heteroatoms. The Kier molecular flexibility index (Phi) is 3.42. The van der Waals surface area contributed by atoms with E-state index in [9.17, 15) is 9.36 Å². The Balaban J connectivity index is 4.60. The standard InChI is InChI=1S/C6H13O4P/c1-3-4-6(2,5-7)11(8,9)10/h5H,3-4H2,1-2H3,(H2,8,9,10). The van der Waals surface area contributed by atoms with Gasteiger partial charge in [0.2, 0.25) is 0 Å². The third-order valence-electron chi connectivity index (χ3n) is 1.68. The van der Waals surface area contributed by atoms with E-state index in [1.807, 2.05) is 0 Å². The van der Waals surface area contributed by atoms with Crippen molar-refractivity contribution in [2.45, 2.75) is 31.8 Å². The fourth-order valence-corrected chi connectivity index (χ4v) is 1.43. The molecule has 0 saturated heterocycles. The quantitative estimate of drug-likeness (QED) is 0.498. The van der Waals surface area contributed by atoms with E-state index in [1.54, 1.807) is 6.92 Å². The zero-order valence-electron chi connectivity index (χ0n) is 6.65. The first-order chi connectivity index (χ1) is 4.87. The summed E-state index contributed by atoms with van der Waals surface area (Å²) < 4.78 is 10.7. The van der Waals surface area contributed by atoms with Crippen LogP contribution < -0.4 is 0 Å². The van der Waals surface area contributed by atoms with Gasteiger partial charge in [-0.2, -0.15) is 0 Å². The number of hydrogen-bond donors (Lipinski definition) is 2. The molecular weight excluding hydrogens is 167 g/mol. The third-order valence-corrected chi connectivity index (χ3v) is 3.34. The summed E-state index contributed by atoms with van der Waals surface area (Å²) in [5.74, 6) is 0. The Morgan fingerprint density at radius 1 is 1.55 bits per heavy atom. The summed E-state index contributed by atoms with van der Waals surface area (Å²) in [6.07, 6.45) is 1.15. The predicted molar refractivity (Wildman–Crippen MR) is 41.4 cm³/mol. The van der Waals surface area contributed by atoms with E-state index in [0.29, 0.717) is 12.7 Å². The molecule has 4 nitrogen and oxygen atoms in total. The van der Waals surface area contributed by atoms with Gasteiger partial charge >= 0.3 is 7.60 Å². The molecule has 0 heterocycles. The summed E-state index contributed by atoms with van der Waals surface area (Å²) >= 11 is 0. The summed E-state index contributed by atoms with van der Waals surface area (Å²) in [5.41, 5.74) is 0. The number of carbonyl (C=O) groups is 1. The van der Waals surface area contributed by atoms with Crippen LogP contribution in [0.15, 0.2) is 0 Å².